The third kappa shape index (κ3) is 3.67. The quantitative estimate of drug-likeness (QED) is 0.829. The number of hydrogen-bond donors (Lipinski definition) is 1. The van der Waals surface area contributed by atoms with Gasteiger partial charge in [0.1, 0.15) is 0 Å². The fourth-order valence-electron chi connectivity index (χ4n) is 1.32. The van der Waals surface area contributed by atoms with Crippen molar-refractivity contribution < 1.29 is 0 Å². The van der Waals surface area contributed by atoms with Crippen LogP contribution in [0.3, 0.4) is 0 Å². The fourth-order valence-corrected chi connectivity index (χ4v) is 1.32. The molecule has 0 unspecified atom stereocenters. The van der Waals surface area contributed by atoms with Crippen molar-refractivity contribution in [3.05, 3.63) is 17.5 Å². The molecule has 0 spiro atoms. The van der Waals surface area contributed by atoms with Crippen LogP contribution in [-0.2, 0) is 6.54 Å². The van der Waals surface area contributed by atoms with Gasteiger partial charge in [-0.1, -0.05) is 0 Å². The molecular formula is C12H23N3. The maximum atomic E-state index is 4.49. The molecule has 1 heterocycles. The Labute approximate surface area is 92.9 Å². The molecule has 0 fully saturated rings. The van der Waals surface area contributed by atoms with E-state index in [1.54, 1.807) is 0 Å². The number of rotatable bonds is 3. The first-order valence-corrected chi connectivity index (χ1v) is 5.59. The van der Waals surface area contributed by atoms with Crippen molar-refractivity contribution in [2.24, 2.45) is 0 Å². The predicted molar refractivity (Wildman–Crippen MR) is 63.9 cm³/mol. The molecule has 1 aromatic heterocycles. The van der Waals surface area contributed by atoms with Gasteiger partial charge in [0, 0.05) is 29.9 Å². The Hall–Kier alpha value is -0.830. The molecule has 3 nitrogen and oxygen atoms in total. The molecule has 3 heteroatoms. The molecule has 0 amide bonds. The van der Waals surface area contributed by atoms with Gasteiger partial charge in [0.25, 0.3) is 0 Å². The average molecular weight is 209 g/mol. The van der Waals surface area contributed by atoms with Crippen LogP contribution in [0.25, 0.3) is 0 Å². The van der Waals surface area contributed by atoms with Gasteiger partial charge in [0.2, 0.25) is 0 Å². The van der Waals surface area contributed by atoms with Gasteiger partial charge in [-0.3, -0.25) is 4.68 Å². The van der Waals surface area contributed by atoms with Gasteiger partial charge >= 0.3 is 0 Å². The van der Waals surface area contributed by atoms with Gasteiger partial charge in [-0.2, -0.15) is 5.10 Å². The Bertz CT molecular complexity index is 318. The van der Waals surface area contributed by atoms with E-state index >= 15 is 0 Å². The van der Waals surface area contributed by atoms with E-state index in [0.717, 1.165) is 12.2 Å². The summed E-state index contributed by atoms with van der Waals surface area (Å²) in [6.07, 6.45) is 2.14. The third-order valence-corrected chi connectivity index (χ3v) is 2.36. The minimum Gasteiger partial charge on any atom is -0.308 e. The lowest BCUT2D eigenvalue weighted by atomic mass is 10.1. The summed E-state index contributed by atoms with van der Waals surface area (Å²) in [5.41, 5.74) is 2.57. The van der Waals surface area contributed by atoms with Crippen LogP contribution < -0.4 is 5.32 Å². The molecule has 1 N–H and O–H groups in total. The molecule has 0 bridgehead atoms. The van der Waals surface area contributed by atoms with Gasteiger partial charge < -0.3 is 5.32 Å². The first-order chi connectivity index (χ1) is 6.79. The maximum Gasteiger partial charge on any atom is 0.0638 e. The third-order valence-electron chi connectivity index (χ3n) is 2.36. The smallest absolute Gasteiger partial charge is 0.0638 e. The summed E-state index contributed by atoms with van der Waals surface area (Å²) < 4.78 is 2.02. The van der Waals surface area contributed by atoms with E-state index in [-0.39, 0.29) is 5.54 Å². The summed E-state index contributed by atoms with van der Waals surface area (Å²) in [4.78, 5) is 0. The summed E-state index contributed by atoms with van der Waals surface area (Å²) in [6.45, 7) is 13.8. The standard InChI is InChI=1S/C12H23N3/c1-9(2)15-8-11(10(3)14-15)7-13-12(4,5)6/h8-9,13H,7H2,1-6H3. The highest BCUT2D eigenvalue weighted by Gasteiger charge is 2.11. The number of nitrogens with zero attached hydrogens (tertiary/aromatic N) is 2. The minimum absolute atomic E-state index is 0.159. The highest BCUT2D eigenvalue weighted by atomic mass is 15.3. The van der Waals surface area contributed by atoms with Gasteiger partial charge in [-0.05, 0) is 41.5 Å². The minimum atomic E-state index is 0.159. The Morgan fingerprint density at radius 2 is 2.00 bits per heavy atom. The Balaban J connectivity index is 2.69. The predicted octanol–water partition coefficient (Wildman–Crippen LogP) is 2.66. The second-order valence-electron chi connectivity index (χ2n) is 5.42. The molecule has 0 radical (unpaired) electrons. The van der Waals surface area contributed by atoms with Crippen molar-refractivity contribution in [3.63, 3.8) is 0 Å². The van der Waals surface area contributed by atoms with E-state index < -0.39 is 0 Å². The highest BCUT2D eigenvalue weighted by Crippen LogP contribution is 2.11. The Kier molecular flexibility index (Phi) is 3.55. The van der Waals surface area contributed by atoms with E-state index in [2.05, 4.69) is 58.2 Å². The molecule has 0 aliphatic carbocycles. The van der Waals surface area contributed by atoms with Crippen LogP contribution >= 0.6 is 0 Å². The molecule has 0 saturated carbocycles. The van der Waals surface area contributed by atoms with Crippen molar-refractivity contribution in [2.75, 3.05) is 0 Å². The van der Waals surface area contributed by atoms with Crippen molar-refractivity contribution in [1.29, 1.82) is 0 Å². The summed E-state index contributed by atoms with van der Waals surface area (Å²) in [7, 11) is 0. The van der Waals surface area contributed by atoms with Gasteiger partial charge in [0.05, 0.1) is 5.69 Å². The van der Waals surface area contributed by atoms with Crippen molar-refractivity contribution in [2.45, 2.75) is 59.7 Å². The number of nitrogens with one attached hydrogen (secondary N) is 1. The molecule has 1 aromatic rings. The summed E-state index contributed by atoms with van der Waals surface area (Å²) >= 11 is 0. The zero-order chi connectivity index (χ0) is 11.6. The number of aromatic nitrogens is 2. The molecule has 0 aromatic carbocycles. The van der Waals surface area contributed by atoms with Crippen molar-refractivity contribution in [1.82, 2.24) is 15.1 Å². The second-order valence-corrected chi connectivity index (χ2v) is 5.42. The van der Waals surface area contributed by atoms with E-state index in [1.807, 2.05) is 4.68 Å². The topological polar surface area (TPSA) is 29.9 Å². The Morgan fingerprint density at radius 1 is 1.40 bits per heavy atom. The maximum absolute atomic E-state index is 4.49. The van der Waals surface area contributed by atoms with Crippen LogP contribution in [0.5, 0.6) is 0 Å². The van der Waals surface area contributed by atoms with Crippen molar-refractivity contribution >= 4 is 0 Å². The van der Waals surface area contributed by atoms with E-state index in [9.17, 15) is 0 Å². The summed E-state index contributed by atoms with van der Waals surface area (Å²) in [5.74, 6) is 0. The molecule has 0 aliphatic rings. The molecule has 15 heavy (non-hydrogen) atoms. The van der Waals surface area contributed by atoms with E-state index in [0.29, 0.717) is 6.04 Å². The van der Waals surface area contributed by atoms with Crippen LogP contribution in [0, 0.1) is 6.92 Å². The van der Waals surface area contributed by atoms with Gasteiger partial charge in [-0.25, -0.2) is 0 Å². The zero-order valence-electron chi connectivity index (χ0n) is 10.8. The lowest BCUT2D eigenvalue weighted by Crippen LogP contribution is -2.35. The molecule has 86 valence electrons. The van der Waals surface area contributed by atoms with Crippen LogP contribution in [-0.4, -0.2) is 15.3 Å². The molecule has 1 rings (SSSR count). The SMILES string of the molecule is Cc1nn(C(C)C)cc1CNC(C)(C)C. The number of hydrogen-bond acceptors (Lipinski definition) is 2. The monoisotopic (exact) mass is 209 g/mol. The molecule has 0 atom stereocenters. The highest BCUT2D eigenvalue weighted by molar-refractivity contribution is 5.15. The number of aryl methyl sites for hydroxylation is 1. The molecular weight excluding hydrogens is 186 g/mol. The summed E-state index contributed by atoms with van der Waals surface area (Å²) in [6, 6.07) is 0.437. The lowest BCUT2D eigenvalue weighted by Gasteiger charge is -2.20. The first-order valence-electron chi connectivity index (χ1n) is 5.59. The van der Waals surface area contributed by atoms with Crippen LogP contribution in [0.2, 0.25) is 0 Å². The van der Waals surface area contributed by atoms with E-state index in [1.165, 1.54) is 5.56 Å². The second kappa shape index (κ2) is 4.35. The van der Waals surface area contributed by atoms with Crippen LogP contribution in [0.15, 0.2) is 6.20 Å². The summed E-state index contributed by atoms with van der Waals surface area (Å²) in [5, 5.41) is 7.97. The normalized spacial score (nSPS) is 12.5. The Morgan fingerprint density at radius 3 is 2.40 bits per heavy atom. The largest absolute Gasteiger partial charge is 0.308 e. The van der Waals surface area contributed by atoms with E-state index in [4.69, 9.17) is 0 Å². The van der Waals surface area contributed by atoms with Crippen LogP contribution in [0.4, 0.5) is 0 Å². The van der Waals surface area contributed by atoms with Crippen LogP contribution in [0.1, 0.15) is 51.9 Å². The first kappa shape index (κ1) is 12.2. The lowest BCUT2D eigenvalue weighted by molar-refractivity contribution is 0.423. The molecule has 0 saturated heterocycles. The average Bonchev–Trinajstić information content (AvgIpc) is 2.42. The van der Waals surface area contributed by atoms with Gasteiger partial charge in [0.15, 0.2) is 0 Å². The molecule has 0 aliphatic heterocycles. The van der Waals surface area contributed by atoms with Gasteiger partial charge in [-0.15, -0.1) is 0 Å². The fraction of sp³-hybridized carbons (Fsp3) is 0.750. The zero-order valence-corrected chi connectivity index (χ0v) is 10.8. The van der Waals surface area contributed by atoms with Crippen molar-refractivity contribution in [3.8, 4) is 0 Å².